The lowest BCUT2D eigenvalue weighted by Crippen LogP contribution is -2.30. The smallest absolute Gasteiger partial charge is 0.259 e. The summed E-state index contributed by atoms with van der Waals surface area (Å²) in [5, 5.41) is 13.4. The van der Waals surface area contributed by atoms with Crippen LogP contribution in [0.5, 0.6) is 0 Å². The number of nitrogens with two attached hydrogens (primary N) is 1. The molecule has 0 radical (unpaired) electrons. The highest BCUT2D eigenvalue weighted by atomic mass is 32.1. The van der Waals surface area contributed by atoms with E-state index in [0.717, 1.165) is 24.2 Å². The largest absolute Gasteiger partial charge is 0.381 e. The van der Waals surface area contributed by atoms with Crippen LogP contribution in [0.25, 0.3) is 0 Å². The van der Waals surface area contributed by atoms with Crippen molar-refractivity contribution in [1.82, 2.24) is 4.98 Å². The molecule has 2 aromatic heterocycles. The van der Waals surface area contributed by atoms with Crippen molar-refractivity contribution >= 4 is 28.6 Å². The molecule has 0 aromatic carbocycles. The van der Waals surface area contributed by atoms with Crippen LogP contribution in [0, 0.1) is 5.41 Å². The molecule has 0 bridgehead atoms. The Morgan fingerprint density at radius 3 is 2.83 bits per heavy atom. The lowest BCUT2D eigenvalue weighted by molar-refractivity contribution is 0.0904. The Morgan fingerprint density at radius 2 is 2.17 bits per heavy atom. The number of primary amides is 1. The van der Waals surface area contributed by atoms with Crippen LogP contribution in [0.15, 0.2) is 28.5 Å². The van der Waals surface area contributed by atoms with Crippen LogP contribution in [0.3, 0.4) is 0 Å². The van der Waals surface area contributed by atoms with Crippen LogP contribution < -0.4 is 16.6 Å². The molecule has 8 heteroatoms. The predicted octanol–water partition coefficient (Wildman–Crippen LogP) is 1.54. The number of H-pyrrole nitrogens is 1. The van der Waals surface area contributed by atoms with Gasteiger partial charge in [-0.1, -0.05) is 0 Å². The lowest BCUT2D eigenvalue weighted by atomic mass is 10.0. The molecule has 3 heterocycles. The second-order valence-electron chi connectivity index (χ2n) is 5.57. The summed E-state index contributed by atoms with van der Waals surface area (Å²) in [6, 6.07) is 3.50. The molecule has 0 aliphatic carbocycles. The monoisotopic (exact) mass is 346 g/mol. The first-order valence-corrected chi connectivity index (χ1v) is 8.48. The summed E-state index contributed by atoms with van der Waals surface area (Å²) in [6.07, 6.45) is 3.26. The molecule has 1 amide bonds. The normalized spacial score (nSPS) is 15.2. The zero-order valence-electron chi connectivity index (χ0n) is 12.9. The number of amides is 1. The number of anilines is 1. The van der Waals surface area contributed by atoms with E-state index in [-0.39, 0.29) is 22.9 Å². The highest BCUT2D eigenvalue weighted by Crippen LogP contribution is 2.22. The van der Waals surface area contributed by atoms with Crippen molar-refractivity contribution in [3.8, 4) is 0 Å². The van der Waals surface area contributed by atoms with Gasteiger partial charge < -0.3 is 20.8 Å². The number of carbonyl (C=O) groups excluding carboxylic acids is 1. The van der Waals surface area contributed by atoms with Gasteiger partial charge in [0.25, 0.3) is 11.5 Å². The van der Waals surface area contributed by atoms with Gasteiger partial charge in [0, 0.05) is 36.4 Å². The van der Waals surface area contributed by atoms with Crippen molar-refractivity contribution in [1.29, 1.82) is 5.41 Å². The van der Waals surface area contributed by atoms with Crippen LogP contribution in [-0.2, 0) is 4.74 Å². The predicted molar refractivity (Wildman–Crippen MR) is 93.3 cm³/mol. The molecule has 1 aliphatic heterocycles. The molecule has 1 fully saturated rings. The summed E-state index contributed by atoms with van der Waals surface area (Å²) in [5.74, 6) is -0.540. The molecule has 7 nitrogen and oxygen atoms in total. The highest BCUT2D eigenvalue weighted by molar-refractivity contribution is 7.12. The molecule has 0 spiro atoms. The zero-order chi connectivity index (χ0) is 17.1. The van der Waals surface area contributed by atoms with Gasteiger partial charge in [0.15, 0.2) is 0 Å². The number of hydrogen-bond acceptors (Lipinski definition) is 6. The average molecular weight is 346 g/mol. The number of aromatic nitrogens is 1. The summed E-state index contributed by atoms with van der Waals surface area (Å²) in [5.41, 5.74) is 6.36. The third-order valence-electron chi connectivity index (χ3n) is 3.92. The van der Waals surface area contributed by atoms with E-state index in [0.29, 0.717) is 29.3 Å². The molecule has 1 saturated heterocycles. The Labute approximate surface area is 142 Å². The van der Waals surface area contributed by atoms with Crippen LogP contribution in [-0.4, -0.2) is 35.9 Å². The number of carbonyl (C=O) groups is 1. The summed E-state index contributed by atoms with van der Waals surface area (Å²) in [4.78, 5) is 26.5. The maximum Gasteiger partial charge on any atom is 0.259 e. The first kappa shape index (κ1) is 16.4. The van der Waals surface area contributed by atoms with E-state index in [2.05, 4.69) is 10.3 Å². The summed E-state index contributed by atoms with van der Waals surface area (Å²) in [6.45, 7) is 1.36. The molecule has 0 unspecified atom stereocenters. The van der Waals surface area contributed by atoms with Crippen molar-refractivity contribution in [2.24, 2.45) is 5.73 Å². The Morgan fingerprint density at radius 1 is 1.42 bits per heavy atom. The maximum absolute atomic E-state index is 12.3. The molecule has 3 rings (SSSR count). The van der Waals surface area contributed by atoms with Gasteiger partial charge in [0.05, 0.1) is 21.8 Å². The molecule has 1 aliphatic rings. The van der Waals surface area contributed by atoms with E-state index < -0.39 is 5.91 Å². The van der Waals surface area contributed by atoms with Gasteiger partial charge in [-0.05, 0) is 25.0 Å². The number of nitrogens with one attached hydrogen (secondary N) is 3. The topological polar surface area (TPSA) is 121 Å². The average Bonchev–Trinajstić information content (AvgIpc) is 3.06. The van der Waals surface area contributed by atoms with Crippen molar-refractivity contribution < 1.29 is 9.53 Å². The number of thiophene rings is 1. The first-order valence-electron chi connectivity index (χ1n) is 7.60. The third-order valence-corrected chi connectivity index (χ3v) is 4.87. The van der Waals surface area contributed by atoms with Crippen molar-refractivity contribution in [3.05, 3.63) is 50.1 Å². The quantitative estimate of drug-likeness (QED) is 0.614. The molecule has 2 aromatic rings. The summed E-state index contributed by atoms with van der Waals surface area (Å²) < 4.78 is 5.34. The second-order valence-corrected chi connectivity index (χ2v) is 6.48. The van der Waals surface area contributed by atoms with Crippen LogP contribution >= 0.6 is 11.3 Å². The fourth-order valence-corrected chi connectivity index (χ4v) is 3.40. The Balaban J connectivity index is 1.92. The zero-order valence-corrected chi connectivity index (χ0v) is 13.7. The van der Waals surface area contributed by atoms with Crippen molar-refractivity contribution in [2.75, 3.05) is 18.5 Å². The number of pyridine rings is 1. The second kappa shape index (κ2) is 6.98. The fraction of sp³-hybridized carbons (Fsp3) is 0.312. The molecular weight excluding hydrogens is 328 g/mol. The summed E-state index contributed by atoms with van der Waals surface area (Å²) in [7, 11) is 0. The van der Waals surface area contributed by atoms with E-state index >= 15 is 0 Å². The van der Waals surface area contributed by atoms with Gasteiger partial charge in [-0.2, -0.15) is 0 Å². The summed E-state index contributed by atoms with van der Waals surface area (Å²) >= 11 is 1.16. The van der Waals surface area contributed by atoms with E-state index in [9.17, 15) is 9.59 Å². The van der Waals surface area contributed by atoms with Crippen molar-refractivity contribution in [2.45, 2.75) is 18.9 Å². The molecule has 0 atom stereocenters. The molecule has 24 heavy (non-hydrogen) atoms. The number of rotatable bonds is 5. The molecule has 0 saturated carbocycles. The standard InChI is InChI=1S/C16H18N4O3S/c17-14(9-7-12(15(18)21)24-8-9)13-11(1-4-19-16(13)22)20-10-2-5-23-6-3-10/h1,4,7-8,10,17H,2-3,5-6H2,(H2,18,21)(H2,19,20,22). The maximum atomic E-state index is 12.3. The SMILES string of the molecule is N=C(c1csc(C(N)=O)c1)c1c(NC2CCOCC2)cc[nH]c1=O. The minimum absolute atomic E-state index is 0.0650. The van der Waals surface area contributed by atoms with E-state index in [1.54, 1.807) is 23.7 Å². The minimum Gasteiger partial charge on any atom is -0.381 e. The van der Waals surface area contributed by atoms with Gasteiger partial charge in [-0.15, -0.1) is 11.3 Å². The van der Waals surface area contributed by atoms with Gasteiger partial charge in [-0.3, -0.25) is 15.0 Å². The third kappa shape index (κ3) is 3.39. The Kier molecular flexibility index (Phi) is 4.77. The lowest BCUT2D eigenvalue weighted by Gasteiger charge is -2.25. The number of ether oxygens (including phenoxy) is 1. The minimum atomic E-state index is -0.540. The van der Waals surface area contributed by atoms with E-state index in [1.807, 2.05) is 0 Å². The van der Waals surface area contributed by atoms with Crippen LogP contribution in [0.2, 0.25) is 0 Å². The van der Waals surface area contributed by atoms with Gasteiger partial charge in [0.2, 0.25) is 0 Å². The van der Waals surface area contributed by atoms with Gasteiger partial charge in [-0.25, -0.2) is 0 Å². The van der Waals surface area contributed by atoms with Gasteiger partial charge in [0.1, 0.15) is 0 Å². The van der Waals surface area contributed by atoms with E-state index in [4.69, 9.17) is 15.9 Å². The number of hydrogen-bond donors (Lipinski definition) is 4. The molecule has 126 valence electrons. The van der Waals surface area contributed by atoms with Crippen LogP contribution in [0.4, 0.5) is 5.69 Å². The Hall–Kier alpha value is -2.45. The number of aromatic amines is 1. The Bertz CT molecular complexity index is 821. The van der Waals surface area contributed by atoms with Gasteiger partial charge >= 0.3 is 0 Å². The fourth-order valence-electron chi connectivity index (χ4n) is 2.65. The van der Waals surface area contributed by atoms with E-state index in [1.165, 1.54) is 0 Å². The highest BCUT2D eigenvalue weighted by Gasteiger charge is 2.20. The molecular formula is C16H18N4O3S. The first-order chi connectivity index (χ1) is 11.6. The van der Waals surface area contributed by atoms with Crippen molar-refractivity contribution in [3.63, 3.8) is 0 Å². The van der Waals surface area contributed by atoms with Crippen LogP contribution in [0.1, 0.15) is 33.6 Å². The molecule has 5 N–H and O–H groups in total.